The minimum Gasteiger partial charge on any atom is -0.381 e. The number of aryl methyl sites for hydroxylation is 1. The third-order valence-corrected chi connectivity index (χ3v) is 4.53. The third-order valence-electron chi connectivity index (χ3n) is 4.53. The zero-order valence-corrected chi connectivity index (χ0v) is 15.9. The number of methoxy groups -OCH3 is 1. The van der Waals surface area contributed by atoms with Crippen molar-refractivity contribution in [3.63, 3.8) is 0 Å². The monoisotopic (exact) mass is 396 g/mol. The Bertz CT molecular complexity index is 856. The molecule has 152 valence electrons. The number of nitrogens with one attached hydrogen (secondary N) is 2. The van der Waals surface area contributed by atoms with Crippen LogP contribution in [0.2, 0.25) is 0 Å². The van der Waals surface area contributed by atoms with Crippen LogP contribution in [-0.2, 0) is 10.9 Å². The van der Waals surface area contributed by atoms with Crippen LogP contribution < -0.4 is 10.9 Å². The summed E-state index contributed by atoms with van der Waals surface area (Å²) in [7, 11) is 1.57. The van der Waals surface area contributed by atoms with Crippen LogP contribution in [0, 0.1) is 6.92 Å². The van der Waals surface area contributed by atoms with E-state index in [9.17, 15) is 22.8 Å². The fourth-order valence-corrected chi connectivity index (χ4v) is 2.82. The van der Waals surface area contributed by atoms with E-state index in [0.29, 0.717) is 12.5 Å². The second kappa shape index (κ2) is 9.05. The first-order valence-corrected chi connectivity index (χ1v) is 8.86. The van der Waals surface area contributed by atoms with Crippen LogP contribution in [0.15, 0.2) is 41.2 Å². The number of halogens is 3. The van der Waals surface area contributed by atoms with Crippen molar-refractivity contribution in [1.82, 2.24) is 10.3 Å². The lowest BCUT2D eigenvalue weighted by Crippen LogP contribution is -2.35. The van der Waals surface area contributed by atoms with Gasteiger partial charge in [0, 0.05) is 7.11 Å². The van der Waals surface area contributed by atoms with Crippen LogP contribution in [-0.4, -0.2) is 24.1 Å². The zero-order chi connectivity index (χ0) is 20.9. The number of alkyl halides is 3. The molecular formula is C20H23F3N2O3. The molecule has 2 aromatic rings. The predicted molar refractivity (Wildman–Crippen MR) is 99.2 cm³/mol. The Kier molecular flexibility index (Phi) is 7.01. The summed E-state index contributed by atoms with van der Waals surface area (Å²) >= 11 is 0. The molecule has 0 aliphatic heterocycles. The van der Waals surface area contributed by atoms with Crippen molar-refractivity contribution in [3.05, 3.63) is 69.1 Å². The largest absolute Gasteiger partial charge is 0.431 e. The van der Waals surface area contributed by atoms with Crippen molar-refractivity contribution in [2.45, 2.75) is 45.0 Å². The smallest absolute Gasteiger partial charge is 0.381 e. The van der Waals surface area contributed by atoms with Gasteiger partial charge in [-0.2, -0.15) is 13.2 Å². The van der Waals surface area contributed by atoms with E-state index in [4.69, 9.17) is 4.74 Å². The molecule has 5 nitrogen and oxygen atoms in total. The van der Waals surface area contributed by atoms with Gasteiger partial charge in [0.2, 0.25) is 0 Å². The van der Waals surface area contributed by atoms with E-state index in [1.807, 2.05) is 38.1 Å². The standard InChI is InChI=1S/C20H23F3N2O3/c1-4-14(28-3)11-16(13-7-5-12(2)6-8-13)24-18(26)15-9-10-17(20(21,22)23)25-19(15)27/h5-10,14,16H,4,11H2,1-3H3,(H,24,26)(H,25,27)/t14-,16+/m0/s1. The molecule has 28 heavy (non-hydrogen) atoms. The van der Waals surface area contributed by atoms with Gasteiger partial charge in [-0.15, -0.1) is 0 Å². The van der Waals surface area contributed by atoms with Gasteiger partial charge in [-0.1, -0.05) is 36.8 Å². The normalized spacial score (nSPS) is 13.8. The minimum atomic E-state index is -4.69. The van der Waals surface area contributed by atoms with Gasteiger partial charge in [-0.3, -0.25) is 9.59 Å². The number of amides is 1. The number of hydrogen-bond acceptors (Lipinski definition) is 3. The van der Waals surface area contributed by atoms with Gasteiger partial charge in [0.05, 0.1) is 12.1 Å². The van der Waals surface area contributed by atoms with Crippen LogP contribution in [0.4, 0.5) is 13.2 Å². The van der Waals surface area contributed by atoms with E-state index in [2.05, 4.69) is 5.32 Å². The Morgan fingerprint density at radius 1 is 1.18 bits per heavy atom. The summed E-state index contributed by atoms with van der Waals surface area (Å²) in [4.78, 5) is 26.3. The van der Waals surface area contributed by atoms with E-state index >= 15 is 0 Å². The maximum absolute atomic E-state index is 12.7. The van der Waals surface area contributed by atoms with Crippen molar-refractivity contribution < 1.29 is 22.7 Å². The summed E-state index contributed by atoms with van der Waals surface area (Å²) in [6.07, 6.45) is -3.64. The highest BCUT2D eigenvalue weighted by Crippen LogP contribution is 2.26. The molecule has 0 fully saturated rings. The van der Waals surface area contributed by atoms with Gasteiger partial charge in [-0.25, -0.2) is 0 Å². The van der Waals surface area contributed by atoms with Gasteiger partial charge in [0.1, 0.15) is 11.3 Å². The number of benzene rings is 1. The van der Waals surface area contributed by atoms with Crippen molar-refractivity contribution in [2.24, 2.45) is 0 Å². The Balaban J connectivity index is 2.29. The van der Waals surface area contributed by atoms with Crippen molar-refractivity contribution in [1.29, 1.82) is 0 Å². The van der Waals surface area contributed by atoms with Crippen LogP contribution in [0.5, 0.6) is 0 Å². The number of aromatic nitrogens is 1. The molecule has 2 rings (SSSR count). The number of carbonyl (C=O) groups excluding carboxylic acids is 1. The molecule has 0 aliphatic carbocycles. The zero-order valence-electron chi connectivity index (χ0n) is 15.9. The molecule has 1 amide bonds. The van der Waals surface area contributed by atoms with Crippen LogP contribution >= 0.6 is 0 Å². The van der Waals surface area contributed by atoms with E-state index in [-0.39, 0.29) is 11.7 Å². The molecule has 0 saturated heterocycles. The molecule has 1 aromatic carbocycles. The van der Waals surface area contributed by atoms with Crippen LogP contribution in [0.3, 0.4) is 0 Å². The van der Waals surface area contributed by atoms with Crippen molar-refractivity contribution >= 4 is 5.91 Å². The molecule has 1 heterocycles. The maximum Gasteiger partial charge on any atom is 0.431 e. The SMILES string of the molecule is CC[C@@H](C[C@@H](NC(=O)c1ccc(C(F)(F)F)[nH]c1=O)c1ccc(C)cc1)OC. The number of ether oxygens (including phenoxy) is 1. The quantitative estimate of drug-likeness (QED) is 0.744. The molecule has 8 heteroatoms. The first-order valence-electron chi connectivity index (χ1n) is 8.86. The average Bonchev–Trinajstić information content (AvgIpc) is 2.64. The molecule has 0 aliphatic rings. The summed E-state index contributed by atoms with van der Waals surface area (Å²) in [5, 5.41) is 2.75. The average molecular weight is 396 g/mol. The Morgan fingerprint density at radius 2 is 1.82 bits per heavy atom. The third kappa shape index (κ3) is 5.45. The fraction of sp³-hybridized carbons (Fsp3) is 0.400. The van der Waals surface area contributed by atoms with Gasteiger partial charge >= 0.3 is 6.18 Å². The fourth-order valence-electron chi connectivity index (χ4n) is 2.82. The highest BCUT2D eigenvalue weighted by molar-refractivity contribution is 5.94. The van der Waals surface area contributed by atoms with Gasteiger partial charge < -0.3 is 15.0 Å². The number of H-pyrrole nitrogens is 1. The molecular weight excluding hydrogens is 373 g/mol. The lowest BCUT2D eigenvalue weighted by atomic mass is 9.98. The molecule has 0 saturated carbocycles. The van der Waals surface area contributed by atoms with Crippen molar-refractivity contribution in [2.75, 3.05) is 7.11 Å². The van der Waals surface area contributed by atoms with Crippen molar-refractivity contribution in [3.8, 4) is 0 Å². The number of rotatable bonds is 7. The topological polar surface area (TPSA) is 71.2 Å². The molecule has 1 aromatic heterocycles. The molecule has 0 radical (unpaired) electrons. The van der Waals surface area contributed by atoms with E-state index in [0.717, 1.165) is 23.6 Å². The Hall–Kier alpha value is -2.61. The summed E-state index contributed by atoms with van der Waals surface area (Å²) in [5.41, 5.74) is -0.802. The molecule has 2 atom stereocenters. The lowest BCUT2D eigenvalue weighted by Gasteiger charge is -2.23. The van der Waals surface area contributed by atoms with Gasteiger partial charge in [0.15, 0.2) is 0 Å². The van der Waals surface area contributed by atoms with E-state index < -0.39 is 29.4 Å². The number of pyridine rings is 1. The minimum absolute atomic E-state index is 0.127. The van der Waals surface area contributed by atoms with Crippen LogP contribution in [0.25, 0.3) is 0 Å². The molecule has 0 unspecified atom stereocenters. The van der Waals surface area contributed by atoms with E-state index in [1.165, 1.54) is 0 Å². The second-order valence-corrected chi connectivity index (χ2v) is 6.55. The second-order valence-electron chi connectivity index (χ2n) is 6.55. The van der Waals surface area contributed by atoms with Gasteiger partial charge in [-0.05, 0) is 37.5 Å². The predicted octanol–water partition coefficient (Wildman–Crippen LogP) is 3.99. The number of hydrogen-bond donors (Lipinski definition) is 2. The summed E-state index contributed by atoms with van der Waals surface area (Å²) < 4.78 is 43.5. The van der Waals surface area contributed by atoms with E-state index in [1.54, 1.807) is 12.1 Å². The number of carbonyl (C=O) groups is 1. The summed E-state index contributed by atoms with van der Waals surface area (Å²) in [6.45, 7) is 3.88. The number of aromatic amines is 1. The summed E-state index contributed by atoms with van der Waals surface area (Å²) in [5.74, 6) is -0.744. The van der Waals surface area contributed by atoms with Gasteiger partial charge in [0.25, 0.3) is 11.5 Å². The first-order chi connectivity index (χ1) is 13.2. The Morgan fingerprint density at radius 3 is 2.32 bits per heavy atom. The highest BCUT2D eigenvalue weighted by atomic mass is 19.4. The first kappa shape index (κ1) is 21.7. The summed E-state index contributed by atoms with van der Waals surface area (Å²) in [6, 6.07) is 8.62. The Labute approximate surface area is 160 Å². The van der Waals surface area contributed by atoms with Crippen LogP contribution in [0.1, 0.15) is 53.0 Å². The molecule has 0 bridgehead atoms. The molecule has 0 spiro atoms. The lowest BCUT2D eigenvalue weighted by molar-refractivity contribution is -0.141. The maximum atomic E-state index is 12.7. The molecule has 2 N–H and O–H groups in total. The highest BCUT2D eigenvalue weighted by Gasteiger charge is 2.32.